The van der Waals surface area contributed by atoms with Crippen LogP contribution in [0.25, 0.3) is 22.6 Å². The largest absolute Gasteiger partial charge is 0.461 e. The van der Waals surface area contributed by atoms with Crippen LogP contribution in [-0.4, -0.2) is 15.5 Å². The Morgan fingerprint density at radius 2 is 1.88 bits per heavy atom. The van der Waals surface area contributed by atoms with E-state index < -0.39 is 0 Å². The molecular formula is C20H17N3O2. The monoisotopic (exact) mass is 331 g/mol. The van der Waals surface area contributed by atoms with Gasteiger partial charge in [-0.3, -0.25) is 4.79 Å². The quantitative estimate of drug-likeness (QED) is 0.608. The Morgan fingerprint density at radius 3 is 2.68 bits per heavy atom. The van der Waals surface area contributed by atoms with Crippen molar-refractivity contribution in [3.05, 3.63) is 72.5 Å². The van der Waals surface area contributed by atoms with Crippen molar-refractivity contribution in [1.82, 2.24) is 9.55 Å². The maximum absolute atomic E-state index is 12.6. The summed E-state index contributed by atoms with van der Waals surface area (Å²) in [6.07, 6.45) is 1.60. The van der Waals surface area contributed by atoms with Crippen molar-refractivity contribution in [2.75, 3.05) is 5.32 Å². The van der Waals surface area contributed by atoms with Gasteiger partial charge in [0.2, 0.25) is 5.91 Å². The smallest absolute Gasteiger partial charge is 0.244 e. The summed E-state index contributed by atoms with van der Waals surface area (Å²) >= 11 is 0. The molecule has 0 aliphatic carbocycles. The van der Waals surface area contributed by atoms with Crippen LogP contribution in [-0.2, 0) is 11.3 Å². The zero-order chi connectivity index (χ0) is 17.2. The van der Waals surface area contributed by atoms with Crippen LogP contribution in [0.2, 0.25) is 0 Å². The number of imidazole rings is 1. The first-order chi connectivity index (χ1) is 12.2. The molecular weight excluding hydrogens is 314 g/mol. The van der Waals surface area contributed by atoms with Crippen LogP contribution >= 0.6 is 0 Å². The molecule has 5 heteroatoms. The number of fused-ring (bicyclic) bond motifs is 1. The van der Waals surface area contributed by atoms with E-state index >= 15 is 0 Å². The van der Waals surface area contributed by atoms with Gasteiger partial charge in [0.15, 0.2) is 11.6 Å². The number of benzene rings is 2. The molecule has 0 saturated carbocycles. The molecule has 1 N–H and O–H groups in total. The van der Waals surface area contributed by atoms with Gasteiger partial charge in [-0.1, -0.05) is 30.3 Å². The summed E-state index contributed by atoms with van der Waals surface area (Å²) in [6, 6.07) is 19.1. The van der Waals surface area contributed by atoms with E-state index in [1.807, 2.05) is 72.2 Å². The Labute approximate surface area is 144 Å². The molecule has 124 valence electrons. The third kappa shape index (κ3) is 2.92. The zero-order valence-electron chi connectivity index (χ0n) is 13.8. The van der Waals surface area contributed by atoms with Crippen molar-refractivity contribution in [3.63, 3.8) is 0 Å². The molecule has 0 spiro atoms. The van der Waals surface area contributed by atoms with Gasteiger partial charge >= 0.3 is 0 Å². The van der Waals surface area contributed by atoms with Gasteiger partial charge in [0.05, 0.1) is 17.3 Å². The van der Waals surface area contributed by atoms with E-state index in [1.54, 1.807) is 6.26 Å². The third-order valence-corrected chi connectivity index (χ3v) is 4.12. The Morgan fingerprint density at radius 1 is 1.08 bits per heavy atom. The summed E-state index contributed by atoms with van der Waals surface area (Å²) in [7, 11) is 0. The van der Waals surface area contributed by atoms with E-state index in [4.69, 9.17) is 4.42 Å². The molecule has 0 unspecified atom stereocenters. The predicted molar refractivity (Wildman–Crippen MR) is 97.2 cm³/mol. The number of carbonyl (C=O) groups excluding carboxylic acids is 1. The first kappa shape index (κ1) is 15.2. The lowest BCUT2D eigenvalue weighted by atomic mass is 10.2. The highest BCUT2D eigenvalue weighted by molar-refractivity contribution is 5.93. The number of aromatic nitrogens is 2. The second-order valence-corrected chi connectivity index (χ2v) is 5.85. The van der Waals surface area contributed by atoms with E-state index in [2.05, 4.69) is 10.3 Å². The molecule has 1 amide bonds. The summed E-state index contributed by atoms with van der Waals surface area (Å²) in [5.74, 6) is 1.18. The lowest BCUT2D eigenvalue weighted by Gasteiger charge is -2.10. The molecule has 5 nitrogen and oxygen atoms in total. The van der Waals surface area contributed by atoms with Crippen molar-refractivity contribution in [2.24, 2.45) is 0 Å². The SMILES string of the molecule is Cc1ccccc1NC(=O)Cn1c(-c2ccco2)nc2ccccc21. The number of hydrogen-bond donors (Lipinski definition) is 1. The van der Waals surface area contributed by atoms with Crippen LogP contribution < -0.4 is 5.32 Å². The van der Waals surface area contributed by atoms with Crippen LogP contribution in [0.1, 0.15) is 5.56 Å². The van der Waals surface area contributed by atoms with E-state index in [0.717, 1.165) is 22.3 Å². The van der Waals surface area contributed by atoms with Crippen LogP contribution in [0.15, 0.2) is 71.3 Å². The van der Waals surface area contributed by atoms with Gasteiger partial charge in [-0.2, -0.15) is 0 Å². The molecule has 2 heterocycles. The van der Waals surface area contributed by atoms with Crippen LogP contribution in [0.5, 0.6) is 0 Å². The van der Waals surface area contributed by atoms with E-state index in [1.165, 1.54) is 0 Å². The van der Waals surface area contributed by atoms with Gasteiger partial charge in [0.25, 0.3) is 0 Å². The first-order valence-electron chi connectivity index (χ1n) is 8.07. The molecule has 2 aromatic heterocycles. The number of hydrogen-bond acceptors (Lipinski definition) is 3. The third-order valence-electron chi connectivity index (χ3n) is 4.12. The minimum Gasteiger partial charge on any atom is -0.461 e. The number of furan rings is 1. The van der Waals surface area contributed by atoms with Crippen molar-refractivity contribution < 1.29 is 9.21 Å². The van der Waals surface area contributed by atoms with Crippen molar-refractivity contribution >= 4 is 22.6 Å². The topological polar surface area (TPSA) is 60.1 Å². The number of nitrogens with zero attached hydrogens (tertiary/aromatic N) is 2. The molecule has 0 radical (unpaired) electrons. The highest BCUT2D eigenvalue weighted by Gasteiger charge is 2.17. The normalized spacial score (nSPS) is 10.9. The lowest BCUT2D eigenvalue weighted by molar-refractivity contribution is -0.116. The van der Waals surface area contributed by atoms with Crippen LogP contribution in [0.3, 0.4) is 0 Å². The zero-order valence-corrected chi connectivity index (χ0v) is 13.8. The molecule has 2 aromatic carbocycles. The Kier molecular flexibility index (Phi) is 3.82. The Bertz CT molecular complexity index is 1030. The second-order valence-electron chi connectivity index (χ2n) is 5.85. The average molecular weight is 331 g/mol. The number of nitrogens with one attached hydrogen (secondary N) is 1. The minimum atomic E-state index is -0.106. The number of anilines is 1. The number of amides is 1. The second kappa shape index (κ2) is 6.28. The fourth-order valence-electron chi connectivity index (χ4n) is 2.88. The maximum Gasteiger partial charge on any atom is 0.244 e. The number of carbonyl (C=O) groups is 1. The molecule has 0 aliphatic heterocycles. The molecule has 0 saturated heterocycles. The van der Waals surface area contributed by atoms with Gasteiger partial charge in [0.1, 0.15) is 6.54 Å². The van der Waals surface area contributed by atoms with Crippen molar-refractivity contribution in [3.8, 4) is 11.6 Å². The number of rotatable bonds is 4. The van der Waals surface area contributed by atoms with Crippen molar-refractivity contribution in [1.29, 1.82) is 0 Å². The molecule has 0 atom stereocenters. The summed E-state index contributed by atoms with van der Waals surface area (Å²) in [4.78, 5) is 17.2. The highest BCUT2D eigenvalue weighted by Crippen LogP contribution is 2.25. The summed E-state index contributed by atoms with van der Waals surface area (Å²) < 4.78 is 7.37. The average Bonchev–Trinajstić information content (AvgIpc) is 3.25. The standard InChI is InChI=1S/C20H17N3O2/c1-14-7-2-3-8-15(14)21-19(24)13-23-17-10-5-4-9-16(17)22-20(23)18-11-6-12-25-18/h2-12H,13H2,1H3,(H,21,24). The van der Waals surface area contributed by atoms with E-state index in [9.17, 15) is 4.79 Å². The van der Waals surface area contributed by atoms with E-state index in [0.29, 0.717) is 11.6 Å². The number of para-hydroxylation sites is 3. The van der Waals surface area contributed by atoms with Crippen molar-refractivity contribution in [2.45, 2.75) is 13.5 Å². The van der Waals surface area contributed by atoms with Gasteiger partial charge in [0, 0.05) is 5.69 Å². The van der Waals surface area contributed by atoms with E-state index in [-0.39, 0.29) is 12.5 Å². The highest BCUT2D eigenvalue weighted by atomic mass is 16.3. The molecule has 4 aromatic rings. The predicted octanol–water partition coefficient (Wildman–Crippen LogP) is 4.24. The van der Waals surface area contributed by atoms with Gasteiger partial charge in [-0.25, -0.2) is 4.98 Å². The minimum absolute atomic E-state index is 0.106. The summed E-state index contributed by atoms with van der Waals surface area (Å²) in [5, 5.41) is 2.97. The maximum atomic E-state index is 12.6. The first-order valence-corrected chi connectivity index (χ1v) is 8.07. The van der Waals surface area contributed by atoms with Crippen LogP contribution in [0.4, 0.5) is 5.69 Å². The Hall–Kier alpha value is -3.34. The fourth-order valence-corrected chi connectivity index (χ4v) is 2.88. The molecule has 4 rings (SSSR count). The van der Waals surface area contributed by atoms with Gasteiger partial charge in [-0.15, -0.1) is 0 Å². The number of aryl methyl sites for hydroxylation is 1. The Balaban J connectivity index is 1.70. The molecule has 25 heavy (non-hydrogen) atoms. The molecule has 0 bridgehead atoms. The lowest BCUT2D eigenvalue weighted by Crippen LogP contribution is -2.19. The molecule has 0 fully saturated rings. The fraction of sp³-hybridized carbons (Fsp3) is 0.100. The molecule has 0 aliphatic rings. The summed E-state index contributed by atoms with van der Waals surface area (Å²) in [5.41, 5.74) is 3.57. The summed E-state index contributed by atoms with van der Waals surface area (Å²) in [6.45, 7) is 2.13. The van der Waals surface area contributed by atoms with Gasteiger partial charge in [-0.05, 0) is 42.8 Å². The van der Waals surface area contributed by atoms with Crippen LogP contribution in [0, 0.1) is 6.92 Å². The van der Waals surface area contributed by atoms with Gasteiger partial charge < -0.3 is 14.3 Å².